The first kappa shape index (κ1) is 20.8. The monoisotopic (exact) mass is 480 g/mol. The van der Waals surface area contributed by atoms with E-state index in [1.807, 2.05) is 25.1 Å². The molecule has 8 heteroatoms. The molecule has 0 saturated heterocycles. The van der Waals surface area contributed by atoms with E-state index >= 15 is 0 Å². The van der Waals surface area contributed by atoms with Crippen molar-refractivity contribution in [3.63, 3.8) is 0 Å². The van der Waals surface area contributed by atoms with Gasteiger partial charge in [-0.05, 0) is 67.3 Å². The molecule has 0 atom stereocenters. The average Bonchev–Trinajstić information content (AvgIpc) is 3.10. The molecular weight excluding hydrogens is 460 g/mol. The lowest BCUT2D eigenvalue weighted by Crippen LogP contribution is -2.30. The number of nitrogens with one attached hydrogen (secondary N) is 1. The highest BCUT2D eigenvalue weighted by molar-refractivity contribution is 9.10. The van der Waals surface area contributed by atoms with Crippen LogP contribution < -0.4 is 9.62 Å². The number of rotatable bonds is 7. The Balaban J connectivity index is 1.96. The summed E-state index contributed by atoms with van der Waals surface area (Å²) in [4.78, 5) is 13.1. The number of hydrogen-bond donors (Lipinski definition) is 1. The predicted octanol–water partition coefficient (Wildman–Crippen LogP) is 5.02. The molecule has 0 spiro atoms. The van der Waals surface area contributed by atoms with Crippen LogP contribution >= 0.6 is 27.3 Å². The molecule has 1 aromatic heterocycles. The Morgan fingerprint density at radius 3 is 2.46 bits per heavy atom. The molecule has 0 radical (unpaired) electrons. The number of carbonyl (C=O) groups excluding carboxylic acids is 1. The average molecular weight is 481 g/mol. The van der Waals surface area contributed by atoms with Gasteiger partial charge in [-0.2, -0.15) is 0 Å². The first-order valence-corrected chi connectivity index (χ1v) is 12.0. The number of carbonyl (C=O) groups is 1. The van der Waals surface area contributed by atoms with Crippen molar-refractivity contribution in [3.05, 3.63) is 57.9 Å². The van der Waals surface area contributed by atoms with Crippen molar-refractivity contribution in [2.75, 3.05) is 17.4 Å². The molecule has 1 N–H and O–H groups in total. The fourth-order valence-electron chi connectivity index (χ4n) is 2.85. The number of halogens is 1. The highest BCUT2D eigenvalue weighted by atomic mass is 79.9. The molecular formula is C20H21BrN2O3S2. The topological polar surface area (TPSA) is 66.5 Å². The highest BCUT2D eigenvalue weighted by Gasteiger charge is 2.24. The SMILES string of the molecule is CCCNC(=O)c1cc2cc(N(CC)S(=O)(=O)c3ccc(Br)cc3)ccc2s1. The van der Waals surface area contributed by atoms with Crippen LogP contribution in [0.1, 0.15) is 29.9 Å². The van der Waals surface area contributed by atoms with Crippen LogP contribution in [0.25, 0.3) is 10.1 Å². The third kappa shape index (κ3) is 4.24. The lowest BCUT2D eigenvalue weighted by molar-refractivity contribution is 0.0958. The molecule has 0 aliphatic rings. The van der Waals surface area contributed by atoms with Gasteiger partial charge in [-0.1, -0.05) is 22.9 Å². The van der Waals surface area contributed by atoms with Crippen LogP contribution in [0.3, 0.4) is 0 Å². The molecule has 1 amide bonds. The van der Waals surface area contributed by atoms with Crippen LogP contribution in [0.4, 0.5) is 5.69 Å². The van der Waals surface area contributed by atoms with Crippen LogP contribution in [-0.4, -0.2) is 27.4 Å². The minimum absolute atomic E-state index is 0.0977. The van der Waals surface area contributed by atoms with Gasteiger partial charge >= 0.3 is 0 Å². The minimum Gasteiger partial charge on any atom is -0.351 e. The van der Waals surface area contributed by atoms with E-state index in [1.54, 1.807) is 37.3 Å². The Morgan fingerprint density at radius 2 is 1.82 bits per heavy atom. The van der Waals surface area contributed by atoms with E-state index in [0.29, 0.717) is 23.7 Å². The summed E-state index contributed by atoms with van der Waals surface area (Å²) in [6.07, 6.45) is 0.875. The van der Waals surface area contributed by atoms with Gasteiger partial charge in [0.2, 0.25) is 0 Å². The number of amides is 1. The van der Waals surface area contributed by atoms with Crippen LogP contribution in [-0.2, 0) is 10.0 Å². The third-order valence-electron chi connectivity index (χ3n) is 4.24. The molecule has 5 nitrogen and oxygen atoms in total. The number of fused-ring (bicyclic) bond motifs is 1. The van der Waals surface area contributed by atoms with Gasteiger partial charge in [0.1, 0.15) is 0 Å². The summed E-state index contributed by atoms with van der Waals surface area (Å²) in [5.41, 5.74) is 0.580. The summed E-state index contributed by atoms with van der Waals surface area (Å²) in [6.45, 7) is 4.74. The van der Waals surface area contributed by atoms with E-state index in [9.17, 15) is 13.2 Å². The maximum Gasteiger partial charge on any atom is 0.264 e. The zero-order valence-electron chi connectivity index (χ0n) is 15.6. The zero-order chi connectivity index (χ0) is 20.3. The first-order chi connectivity index (χ1) is 13.4. The number of benzene rings is 2. The highest BCUT2D eigenvalue weighted by Crippen LogP contribution is 2.32. The van der Waals surface area contributed by atoms with Crippen molar-refractivity contribution in [3.8, 4) is 0 Å². The van der Waals surface area contributed by atoms with Crippen LogP contribution in [0.2, 0.25) is 0 Å². The van der Waals surface area contributed by atoms with E-state index in [4.69, 9.17) is 0 Å². The zero-order valence-corrected chi connectivity index (χ0v) is 18.8. The molecule has 0 unspecified atom stereocenters. The second-order valence-electron chi connectivity index (χ2n) is 6.21. The Hall–Kier alpha value is -1.90. The molecule has 1 heterocycles. The largest absolute Gasteiger partial charge is 0.351 e. The lowest BCUT2D eigenvalue weighted by Gasteiger charge is -2.23. The van der Waals surface area contributed by atoms with E-state index in [1.165, 1.54) is 15.6 Å². The number of hydrogen-bond acceptors (Lipinski definition) is 4. The first-order valence-electron chi connectivity index (χ1n) is 8.97. The van der Waals surface area contributed by atoms with Gasteiger partial charge < -0.3 is 5.32 Å². The molecule has 3 rings (SSSR count). The molecule has 2 aromatic carbocycles. The summed E-state index contributed by atoms with van der Waals surface area (Å²) in [5.74, 6) is -0.0977. The molecule has 3 aromatic rings. The van der Waals surface area contributed by atoms with Gasteiger partial charge in [0, 0.05) is 22.3 Å². The summed E-state index contributed by atoms with van der Waals surface area (Å²) < 4.78 is 29.3. The lowest BCUT2D eigenvalue weighted by atomic mass is 10.2. The normalized spacial score (nSPS) is 11.5. The minimum atomic E-state index is -3.67. The van der Waals surface area contributed by atoms with Crippen LogP contribution in [0.5, 0.6) is 0 Å². The van der Waals surface area contributed by atoms with Gasteiger partial charge in [0.15, 0.2) is 0 Å². The van der Waals surface area contributed by atoms with Crippen molar-refractivity contribution < 1.29 is 13.2 Å². The standard InChI is InChI=1S/C20H21BrN2O3S2/c1-3-11-22-20(24)19-13-14-12-16(7-10-18(14)27-19)23(4-2)28(25,26)17-8-5-15(21)6-9-17/h5-10,12-13H,3-4,11H2,1-2H3,(H,22,24). The van der Waals surface area contributed by atoms with Gasteiger partial charge in [0.05, 0.1) is 15.5 Å². The predicted molar refractivity (Wildman–Crippen MR) is 119 cm³/mol. The number of anilines is 1. The second kappa shape index (κ2) is 8.63. The summed E-state index contributed by atoms with van der Waals surface area (Å²) in [6, 6.07) is 13.9. The summed E-state index contributed by atoms with van der Waals surface area (Å²) >= 11 is 4.73. The number of thiophene rings is 1. The van der Waals surface area contributed by atoms with Crippen molar-refractivity contribution in [2.45, 2.75) is 25.2 Å². The third-order valence-corrected chi connectivity index (χ3v) is 7.80. The van der Waals surface area contributed by atoms with Crippen molar-refractivity contribution in [1.82, 2.24) is 5.32 Å². The Bertz CT molecular complexity index is 1090. The fraction of sp³-hybridized carbons (Fsp3) is 0.250. The van der Waals surface area contributed by atoms with Gasteiger partial charge in [-0.25, -0.2) is 8.42 Å². The van der Waals surface area contributed by atoms with E-state index in [2.05, 4.69) is 21.2 Å². The van der Waals surface area contributed by atoms with E-state index in [-0.39, 0.29) is 10.8 Å². The maximum atomic E-state index is 13.1. The smallest absolute Gasteiger partial charge is 0.264 e. The summed E-state index contributed by atoms with van der Waals surface area (Å²) in [7, 11) is -3.67. The van der Waals surface area contributed by atoms with E-state index in [0.717, 1.165) is 21.0 Å². The molecule has 0 bridgehead atoms. The number of nitrogens with zero attached hydrogens (tertiary/aromatic N) is 1. The maximum absolute atomic E-state index is 13.1. The molecule has 28 heavy (non-hydrogen) atoms. The van der Waals surface area contributed by atoms with Crippen LogP contribution in [0, 0.1) is 0 Å². The molecule has 0 aliphatic carbocycles. The summed E-state index contributed by atoms with van der Waals surface area (Å²) in [5, 5.41) is 3.72. The molecule has 0 fully saturated rings. The Labute approximate surface area is 177 Å². The van der Waals surface area contributed by atoms with Gasteiger partial charge in [-0.3, -0.25) is 9.10 Å². The second-order valence-corrected chi connectivity index (χ2v) is 10.1. The fourth-order valence-corrected chi connectivity index (χ4v) is 5.54. The van der Waals surface area contributed by atoms with Crippen LogP contribution in [0.15, 0.2) is 57.9 Å². The van der Waals surface area contributed by atoms with E-state index < -0.39 is 10.0 Å². The number of sulfonamides is 1. The molecule has 148 valence electrons. The van der Waals surface area contributed by atoms with Gasteiger partial charge in [0.25, 0.3) is 15.9 Å². The quantitative estimate of drug-likeness (QED) is 0.516. The Kier molecular flexibility index (Phi) is 6.42. The molecule has 0 saturated carbocycles. The van der Waals surface area contributed by atoms with Gasteiger partial charge in [-0.15, -0.1) is 11.3 Å². The van der Waals surface area contributed by atoms with Crippen molar-refractivity contribution >= 4 is 59.0 Å². The molecule has 0 aliphatic heterocycles. The van der Waals surface area contributed by atoms with Crippen molar-refractivity contribution in [2.24, 2.45) is 0 Å². The Morgan fingerprint density at radius 1 is 1.11 bits per heavy atom. The van der Waals surface area contributed by atoms with Crippen molar-refractivity contribution in [1.29, 1.82) is 0 Å².